The lowest BCUT2D eigenvalue weighted by atomic mass is 9.67. The average Bonchev–Trinajstić information content (AvgIpc) is 4.21. The van der Waals surface area contributed by atoms with Crippen LogP contribution in [0.2, 0.25) is 10.0 Å². The Morgan fingerprint density at radius 2 is 1.06 bits per heavy atom. The van der Waals surface area contributed by atoms with Gasteiger partial charge in [-0.2, -0.15) is 0 Å². The molecule has 0 spiro atoms. The highest BCUT2D eigenvalue weighted by Crippen LogP contribution is 2.54. The van der Waals surface area contributed by atoms with Crippen molar-refractivity contribution in [2.45, 2.75) is 202 Å². The van der Waals surface area contributed by atoms with Crippen molar-refractivity contribution >= 4 is 46.7 Å². The van der Waals surface area contributed by atoms with Gasteiger partial charge in [-0.15, -0.1) is 0 Å². The Balaban J connectivity index is 0.000000212. The number of halogens is 2. The summed E-state index contributed by atoms with van der Waals surface area (Å²) in [6.07, 6.45) is 13.9. The second kappa shape index (κ2) is 23.9. The average molecular weight is 1030 g/mol. The summed E-state index contributed by atoms with van der Waals surface area (Å²) in [7, 11) is 0. The number of aliphatic carboxylic acids is 1. The van der Waals surface area contributed by atoms with Gasteiger partial charge in [-0.05, 0) is 167 Å². The van der Waals surface area contributed by atoms with E-state index in [4.69, 9.17) is 37.0 Å². The van der Waals surface area contributed by atoms with E-state index in [9.17, 15) is 24.3 Å². The maximum absolute atomic E-state index is 13.5. The summed E-state index contributed by atoms with van der Waals surface area (Å²) in [6, 6.07) is 11.5. The Morgan fingerprint density at radius 1 is 0.653 bits per heavy atom. The Labute approximate surface area is 438 Å². The van der Waals surface area contributed by atoms with Crippen molar-refractivity contribution in [1.82, 2.24) is 10.3 Å². The van der Waals surface area contributed by atoms with Crippen molar-refractivity contribution in [3.8, 4) is 0 Å². The van der Waals surface area contributed by atoms with E-state index in [2.05, 4.69) is 51.9 Å². The number of carbonyl (C=O) groups is 4. The normalized spacial score (nSPS) is 20.7. The summed E-state index contributed by atoms with van der Waals surface area (Å²) in [5.41, 5.74) is 8.62. The molecule has 0 bridgehead atoms. The van der Waals surface area contributed by atoms with Crippen molar-refractivity contribution in [2.75, 3.05) is 6.61 Å². The van der Waals surface area contributed by atoms with E-state index in [1.54, 1.807) is 6.92 Å². The summed E-state index contributed by atoms with van der Waals surface area (Å²) in [4.78, 5) is 50.3. The van der Waals surface area contributed by atoms with Crippen LogP contribution in [0.1, 0.15) is 218 Å². The van der Waals surface area contributed by atoms with Gasteiger partial charge in [0.15, 0.2) is 0 Å². The van der Waals surface area contributed by atoms with E-state index in [1.165, 1.54) is 24.0 Å². The number of nitrogens with zero attached hydrogens (tertiary/aromatic N) is 2. The smallest absolute Gasteiger partial charge is 0.305 e. The topological polar surface area (TPSA) is 150 Å². The van der Waals surface area contributed by atoms with Crippen LogP contribution in [0.25, 0.3) is 0 Å². The summed E-state index contributed by atoms with van der Waals surface area (Å²) in [5, 5.41) is 19.5. The lowest BCUT2D eigenvalue weighted by Crippen LogP contribution is -2.26. The highest BCUT2D eigenvalue weighted by atomic mass is 35.5. The van der Waals surface area contributed by atoms with Crippen molar-refractivity contribution in [1.29, 1.82) is 0 Å². The Hall–Kier alpha value is -4.28. The molecule has 72 heavy (non-hydrogen) atoms. The Bertz CT molecular complexity index is 2530. The molecular weight excluding hydrogens is 948 g/mol. The summed E-state index contributed by atoms with van der Waals surface area (Å²) < 4.78 is 17.1. The van der Waals surface area contributed by atoms with Crippen molar-refractivity contribution < 1.29 is 38.1 Å². The molecule has 0 radical (unpaired) electrons. The second-order valence-corrected chi connectivity index (χ2v) is 25.3. The van der Waals surface area contributed by atoms with Gasteiger partial charge < -0.3 is 18.9 Å². The molecule has 0 saturated heterocycles. The number of ketones is 2. The molecule has 0 amide bonds. The predicted octanol–water partition coefficient (Wildman–Crippen LogP) is 15.0. The molecule has 4 saturated carbocycles. The molecular formula is C60H80Cl2N2O8. The molecule has 0 aliphatic heterocycles. The SMILES string of the molecule is CCOC(=O)CC[C@@H](Cc1noc(C2CC(CC(C)(C)C)C2)c1C1CC1)C(=O)Cc1ccc(C)cc1Cl.Cc1ccc(CC(=O)[C@@H](CCC(=O)O)Cc2noc(C3CC(CC(C)(C)C)C3)c2C2CC2)c(Cl)c1. The predicted molar refractivity (Wildman–Crippen MR) is 283 cm³/mol. The zero-order valence-electron chi connectivity index (χ0n) is 44.5. The van der Waals surface area contributed by atoms with Gasteiger partial charge in [0.2, 0.25) is 0 Å². The minimum atomic E-state index is -0.890. The molecule has 8 rings (SSSR count). The minimum Gasteiger partial charge on any atom is -0.481 e. The van der Waals surface area contributed by atoms with Crippen LogP contribution in [0.3, 0.4) is 0 Å². The summed E-state index contributed by atoms with van der Waals surface area (Å²) in [6.45, 7) is 19.9. The number of aromatic nitrogens is 2. The molecule has 4 aliphatic carbocycles. The molecule has 4 fully saturated rings. The number of hydrogen-bond donors (Lipinski definition) is 1. The van der Waals surface area contributed by atoms with Crippen LogP contribution in [0, 0.1) is 48.3 Å². The standard InChI is InChI=1S/C31H42ClNO4.C29H38ClNO4/c1-6-36-28(35)12-11-23(27(34)17-22-8-7-19(2)13-25(22)32)16-26-29(21-9-10-21)30(37-33-26)24-14-20(15-24)18-31(3,4)5;1-17-5-6-20(23(30)11-17)15-25(32)21(9-10-26(33)34)14-24-27(19-7-8-19)28(35-31-24)22-12-18(13-22)16-29(2,3)4/h7-8,13,20-21,23-24H,6,9-12,14-18H2,1-5H3;5-6,11,18-19,21-22H,7-10,12-16H2,1-4H3,(H,33,34)/t20?,23-,24?;18?,21-,22?/m00/s1. The number of aryl methyl sites for hydroxylation is 2. The third-order valence-electron chi connectivity index (χ3n) is 15.3. The molecule has 392 valence electrons. The van der Waals surface area contributed by atoms with Crippen LogP contribution in [0.4, 0.5) is 0 Å². The number of Topliss-reactive ketones (excluding diaryl/α,β-unsaturated/α-hetero) is 2. The molecule has 10 nitrogen and oxygen atoms in total. The van der Waals surface area contributed by atoms with Gasteiger partial charge in [-0.3, -0.25) is 19.2 Å². The fourth-order valence-corrected chi connectivity index (χ4v) is 12.1. The van der Waals surface area contributed by atoms with E-state index in [-0.39, 0.29) is 49.1 Å². The molecule has 1 N–H and O–H groups in total. The number of ether oxygens (including phenoxy) is 1. The molecule has 4 aliphatic rings. The van der Waals surface area contributed by atoms with Gasteiger partial charge in [0.1, 0.15) is 23.1 Å². The number of esters is 1. The number of rotatable bonds is 23. The zero-order valence-corrected chi connectivity index (χ0v) is 46.0. The fourth-order valence-electron chi connectivity index (χ4n) is 11.5. The van der Waals surface area contributed by atoms with E-state index in [0.29, 0.717) is 76.8 Å². The maximum Gasteiger partial charge on any atom is 0.305 e. The quantitative estimate of drug-likeness (QED) is 0.0711. The first-order valence-electron chi connectivity index (χ1n) is 26.9. The molecule has 12 heteroatoms. The molecule has 4 aromatic rings. The monoisotopic (exact) mass is 1030 g/mol. The van der Waals surface area contributed by atoms with Crippen LogP contribution in [-0.4, -0.2) is 45.5 Å². The van der Waals surface area contributed by atoms with Gasteiger partial charge in [0.25, 0.3) is 0 Å². The number of carboxylic acids is 1. The maximum atomic E-state index is 13.5. The number of carbonyl (C=O) groups excluding carboxylic acids is 3. The highest BCUT2D eigenvalue weighted by Gasteiger charge is 2.43. The first kappa shape index (κ1) is 55.5. The van der Waals surface area contributed by atoms with E-state index < -0.39 is 11.9 Å². The first-order valence-corrected chi connectivity index (χ1v) is 27.7. The molecule has 2 atom stereocenters. The Kier molecular flexibility index (Phi) is 18.4. The van der Waals surface area contributed by atoms with E-state index >= 15 is 0 Å². The summed E-state index contributed by atoms with van der Waals surface area (Å²) in [5.74, 6) is 3.53. The van der Waals surface area contributed by atoms with Crippen LogP contribution in [0.5, 0.6) is 0 Å². The summed E-state index contributed by atoms with van der Waals surface area (Å²) >= 11 is 12.8. The van der Waals surface area contributed by atoms with Crippen molar-refractivity contribution in [3.05, 3.63) is 103 Å². The molecule has 2 heterocycles. The van der Waals surface area contributed by atoms with Crippen LogP contribution in [0.15, 0.2) is 45.4 Å². The lowest BCUT2D eigenvalue weighted by Gasteiger charge is -2.38. The van der Waals surface area contributed by atoms with E-state index in [1.807, 2.05) is 50.2 Å². The largest absolute Gasteiger partial charge is 0.481 e. The van der Waals surface area contributed by atoms with E-state index in [0.717, 1.165) is 108 Å². The lowest BCUT2D eigenvalue weighted by molar-refractivity contribution is -0.143. The van der Waals surface area contributed by atoms with Gasteiger partial charge in [-0.1, -0.05) is 99.3 Å². The van der Waals surface area contributed by atoms with Gasteiger partial charge >= 0.3 is 11.9 Å². The van der Waals surface area contributed by atoms with Crippen LogP contribution < -0.4 is 0 Å². The zero-order chi connectivity index (χ0) is 52.1. The third kappa shape index (κ3) is 15.6. The number of hydrogen-bond acceptors (Lipinski definition) is 9. The fraction of sp³-hybridized carbons (Fsp3) is 0.633. The molecule has 2 aromatic carbocycles. The van der Waals surface area contributed by atoms with Gasteiger partial charge in [0.05, 0.1) is 18.0 Å². The first-order chi connectivity index (χ1) is 34.0. The van der Waals surface area contributed by atoms with Gasteiger partial charge in [-0.25, -0.2) is 0 Å². The van der Waals surface area contributed by atoms with Crippen molar-refractivity contribution in [3.63, 3.8) is 0 Å². The molecule has 2 aromatic heterocycles. The van der Waals surface area contributed by atoms with Crippen LogP contribution in [-0.2, 0) is 49.6 Å². The third-order valence-corrected chi connectivity index (χ3v) is 16.0. The Morgan fingerprint density at radius 3 is 1.40 bits per heavy atom. The van der Waals surface area contributed by atoms with Gasteiger partial charge in [0, 0.05) is 83.4 Å². The molecule has 0 unspecified atom stereocenters. The minimum absolute atomic E-state index is 0.0113. The van der Waals surface area contributed by atoms with Crippen molar-refractivity contribution in [2.24, 2.45) is 34.5 Å². The highest BCUT2D eigenvalue weighted by molar-refractivity contribution is 6.32. The van der Waals surface area contributed by atoms with Crippen LogP contribution >= 0.6 is 23.2 Å². The second-order valence-electron chi connectivity index (χ2n) is 24.5. The number of benzene rings is 2. The number of carboxylic acid groups (broad SMARTS) is 1.